The molecule has 0 aromatic carbocycles. The number of fused-ring (bicyclic) bond motifs is 1. The average molecular weight is 279 g/mol. The molecular weight excluding hydrogens is 258 g/mol. The maximum absolute atomic E-state index is 12.3. The lowest BCUT2D eigenvalue weighted by Crippen LogP contribution is -2.38. The van der Waals surface area contributed by atoms with Crippen LogP contribution in [-0.4, -0.2) is 37.4 Å². The molecule has 110 valence electrons. The lowest BCUT2D eigenvalue weighted by molar-refractivity contribution is 0.0862. The Bertz CT molecular complexity index is 488. The molecule has 1 aliphatic heterocycles. The molecule has 5 heteroatoms. The van der Waals surface area contributed by atoms with E-state index in [1.54, 1.807) is 6.26 Å². The Balaban J connectivity index is 1.64. The Hall–Kier alpha value is -1.33. The minimum atomic E-state index is -0.141. The molecule has 2 N–H and O–H groups in total. The fraction of sp³-hybridized carbons (Fsp3) is 0.667. The molecule has 0 saturated carbocycles. The Kier molecular flexibility index (Phi) is 3.81. The number of carbonyl (C=O) groups excluding carboxylic acids is 1. The zero-order chi connectivity index (χ0) is 14.0. The van der Waals surface area contributed by atoms with Gasteiger partial charge < -0.3 is 19.6 Å². The molecule has 2 aliphatic rings. The van der Waals surface area contributed by atoms with Crippen LogP contribution in [0.25, 0.3) is 0 Å². The quantitative estimate of drug-likeness (QED) is 0.852. The molecule has 0 bridgehead atoms. The second-order valence-electron chi connectivity index (χ2n) is 5.88. The third-order valence-corrected chi connectivity index (χ3v) is 4.51. The van der Waals surface area contributed by atoms with Gasteiger partial charge in [-0.1, -0.05) is 0 Å². The van der Waals surface area contributed by atoms with Crippen molar-refractivity contribution in [2.24, 2.45) is 5.41 Å². The number of ether oxygens (including phenoxy) is 1. The van der Waals surface area contributed by atoms with E-state index in [9.17, 15) is 9.90 Å². The third-order valence-electron chi connectivity index (χ3n) is 4.51. The number of hydrogen-bond donors (Lipinski definition) is 2. The highest BCUT2D eigenvalue weighted by atomic mass is 16.5. The number of carbonyl (C=O) groups is 1. The molecule has 1 atom stereocenters. The summed E-state index contributed by atoms with van der Waals surface area (Å²) in [6, 6.07) is 0. The van der Waals surface area contributed by atoms with Gasteiger partial charge in [0.25, 0.3) is 5.91 Å². The Morgan fingerprint density at radius 2 is 2.35 bits per heavy atom. The SMILES string of the molecule is O=C(NC[C@@]1(CCO)CCOC1)c1occ2c1CCC2. The molecule has 0 radical (unpaired) electrons. The van der Waals surface area contributed by atoms with E-state index in [0.717, 1.165) is 31.2 Å². The second-order valence-corrected chi connectivity index (χ2v) is 5.88. The second kappa shape index (κ2) is 5.58. The van der Waals surface area contributed by atoms with Gasteiger partial charge in [-0.05, 0) is 37.7 Å². The number of aliphatic hydroxyl groups is 1. The van der Waals surface area contributed by atoms with Crippen molar-refractivity contribution in [3.63, 3.8) is 0 Å². The molecule has 3 rings (SSSR count). The van der Waals surface area contributed by atoms with Gasteiger partial charge >= 0.3 is 0 Å². The summed E-state index contributed by atoms with van der Waals surface area (Å²) in [5.74, 6) is 0.327. The number of hydrogen-bond acceptors (Lipinski definition) is 4. The number of rotatable bonds is 5. The standard InChI is InChI=1S/C15H21NO4/c17-6-4-15(5-7-19-10-15)9-16-14(18)13-12-3-1-2-11(12)8-20-13/h8,17H,1-7,9-10H2,(H,16,18)/t15-/m1/s1. The molecule has 1 aliphatic carbocycles. The highest BCUT2D eigenvalue weighted by Gasteiger charge is 2.35. The number of nitrogens with one attached hydrogen (secondary N) is 1. The van der Waals surface area contributed by atoms with Gasteiger partial charge in [-0.25, -0.2) is 0 Å². The minimum Gasteiger partial charge on any atom is -0.459 e. The summed E-state index contributed by atoms with van der Waals surface area (Å²) in [5.41, 5.74) is 2.12. The molecule has 2 heterocycles. The molecule has 1 amide bonds. The van der Waals surface area contributed by atoms with Crippen LogP contribution < -0.4 is 5.32 Å². The summed E-state index contributed by atoms with van der Waals surface area (Å²) in [7, 11) is 0. The summed E-state index contributed by atoms with van der Waals surface area (Å²) >= 11 is 0. The van der Waals surface area contributed by atoms with Crippen molar-refractivity contribution < 1.29 is 19.1 Å². The highest BCUT2D eigenvalue weighted by Crippen LogP contribution is 2.32. The minimum absolute atomic E-state index is 0.120. The van der Waals surface area contributed by atoms with Crippen LogP contribution in [0.1, 0.15) is 40.9 Å². The monoisotopic (exact) mass is 279 g/mol. The van der Waals surface area contributed by atoms with Crippen LogP contribution in [-0.2, 0) is 17.6 Å². The molecule has 1 saturated heterocycles. The van der Waals surface area contributed by atoms with Crippen molar-refractivity contribution in [3.05, 3.63) is 23.2 Å². The van der Waals surface area contributed by atoms with Crippen molar-refractivity contribution in [1.29, 1.82) is 0 Å². The smallest absolute Gasteiger partial charge is 0.287 e. The lowest BCUT2D eigenvalue weighted by Gasteiger charge is -2.26. The van der Waals surface area contributed by atoms with Crippen LogP contribution in [0.5, 0.6) is 0 Å². The van der Waals surface area contributed by atoms with Crippen molar-refractivity contribution in [1.82, 2.24) is 5.32 Å². The maximum atomic E-state index is 12.3. The molecule has 20 heavy (non-hydrogen) atoms. The summed E-state index contributed by atoms with van der Waals surface area (Å²) in [6.07, 6.45) is 6.28. The number of amides is 1. The van der Waals surface area contributed by atoms with Crippen LogP contribution in [0.15, 0.2) is 10.7 Å². The predicted molar refractivity (Wildman–Crippen MR) is 72.6 cm³/mol. The van der Waals surface area contributed by atoms with Gasteiger partial charge in [0.05, 0.1) is 12.9 Å². The summed E-state index contributed by atoms with van der Waals surface area (Å²) in [5, 5.41) is 12.1. The number of furan rings is 1. The van der Waals surface area contributed by atoms with Gasteiger partial charge in [-0.3, -0.25) is 4.79 Å². The fourth-order valence-corrected chi connectivity index (χ4v) is 3.21. The fourth-order valence-electron chi connectivity index (χ4n) is 3.21. The molecule has 1 aromatic heterocycles. The molecule has 0 unspecified atom stereocenters. The first-order valence-corrected chi connectivity index (χ1v) is 7.30. The summed E-state index contributed by atoms with van der Waals surface area (Å²) in [4.78, 5) is 12.3. The Morgan fingerprint density at radius 1 is 1.45 bits per heavy atom. The van der Waals surface area contributed by atoms with E-state index >= 15 is 0 Å². The van der Waals surface area contributed by atoms with Gasteiger partial charge in [0.1, 0.15) is 0 Å². The number of aliphatic hydroxyl groups excluding tert-OH is 1. The summed E-state index contributed by atoms with van der Waals surface area (Å²) in [6.45, 7) is 1.95. The zero-order valence-electron chi connectivity index (χ0n) is 11.6. The van der Waals surface area contributed by atoms with Crippen LogP contribution in [0.4, 0.5) is 0 Å². The van der Waals surface area contributed by atoms with Gasteiger partial charge in [0.2, 0.25) is 0 Å². The van der Waals surface area contributed by atoms with Crippen molar-refractivity contribution in [3.8, 4) is 0 Å². The zero-order valence-corrected chi connectivity index (χ0v) is 11.6. The van der Waals surface area contributed by atoms with Gasteiger partial charge in [-0.2, -0.15) is 0 Å². The Labute approximate surface area is 118 Å². The van der Waals surface area contributed by atoms with E-state index in [-0.39, 0.29) is 17.9 Å². The Morgan fingerprint density at radius 3 is 3.10 bits per heavy atom. The average Bonchev–Trinajstić information content (AvgIpc) is 3.13. The van der Waals surface area contributed by atoms with E-state index in [1.165, 1.54) is 5.56 Å². The van der Waals surface area contributed by atoms with E-state index in [0.29, 0.717) is 31.9 Å². The summed E-state index contributed by atoms with van der Waals surface area (Å²) < 4.78 is 10.8. The van der Waals surface area contributed by atoms with Crippen LogP contribution in [0, 0.1) is 5.41 Å². The normalized spacial score (nSPS) is 24.9. The molecule has 0 spiro atoms. The van der Waals surface area contributed by atoms with Crippen molar-refractivity contribution in [2.45, 2.75) is 32.1 Å². The largest absolute Gasteiger partial charge is 0.459 e. The maximum Gasteiger partial charge on any atom is 0.287 e. The van der Waals surface area contributed by atoms with E-state index in [2.05, 4.69) is 5.32 Å². The van der Waals surface area contributed by atoms with Crippen LogP contribution in [0.3, 0.4) is 0 Å². The van der Waals surface area contributed by atoms with Crippen LogP contribution in [0.2, 0.25) is 0 Å². The van der Waals surface area contributed by atoms with Gasteiger partial charge in [0.15, 0.2) is 5.76 Å². The van der Waals surface area contributed by atoms with E-state index in [4.69, 9.17) is 9.15 Å². The third kappa shape index (κ3) is 2.47. The first kappa shape index (κ1) is 13.6. The molecule has 1 fully saturated rings. The lowest BCUT2D eigenvalue weighted by atomic mass is 9.84. The van der Waals surface area contributed by atoms with Crippen molar-refractivity contribution >= 4 is 5.91 Å². The van der Waals surface area contributed by atoms with Crippen molar-refractivity contribution in [2.75, 3.05) is 26.4 Å². The first-order valence-electron chi connectivity index (χ1n) is 7.30. The first-order chi connectivity index (χ1) is 9.74. The number of aryl methyl sites for hydroxylation is 1. The molecule has 1 aromatic rings. The predicted octanol–water partition coefficient (Wildman–Crippen LogP) is 1.29. The van der Waals surface area contributed by atoms with Gasteiger partial charge in [-0.15, -0.1) is 0 Å². The topological polar surface area (TPSA) is 71.7 Å². The van der Waals surface area contributed by atoms with Crippen LogP contribution >= 0.6 is 0 Å². The highest BCUT2D eigenvalue weighted by molar-refractivity contribution is 5.93. The van der Waals surface area contributed by atoms with Gasteiger partial charge in [0, 0.05) is 30.7 Å². The van der Waals surface area contributed by atoms with E-state index < -0.39 is 0 Å². The molecule has 5 nitrogen and oxygen atoms in total. The van der Waals surface area contributed by atoms with E-state index in [1.807, 2.05) is 0 Å². The molecular formula is C15H21NO4.